The normalized spacial score (nSPS) is 10.6. The predicted octanol–water partition coefficient (Wildman–Crippen LogP) is 2.42. The number of fused-ring (bicyclic) bond motifs is 1. The van der Waals surface area contributed by atoms with Crippen LogP contribution in [0.2, 0.25) is 0 Å². The summed E-state index contributed by atoms with van der Waals surface area (Å²) in [5.74, 6) is -0.470. The van der Waals surface area contributed by atoms with Gasteiger partial charge in [0.1, 0.15) is 5.69 Å². The van der Waals surface area contributed by atoms with E-state index in [1.54, 1.807) is 0 Å². The monoisotopic (exact) mass is 279 g/mol. The molecule has 0 saturated heterocycles. The molecule has 82 valence electrons. The van der Waals surface area contributed by atoms with E-state index in [9.17, 15) is 9.59 Å². The van der Waals surface area contributed by atoms with Crippen molar-refractivity contribution < 1.29 is 9.59 Å². The number of benzene rings is 1. The molecule has 2 rings (SSSR count). The third-order valence-electron chi connectivity index (χ3n) is 2.46. The van der Waals surface area contributed by atoms with Crippen LogP contribution in [-0.2, 0) is 11.3 Å². The molecule has 3 nitrogen and oxygen atoms in total. The summed E-state index contributed by atoms with van der Waals surface area (Å²) in [6.07, 6.45) is 2.26. The van der Waals surface area contributed by atoms with E-state index in [0.29, 0.717) is 18.5 Å². The number of hydrogen-bond acceptors (Lipinski definition) is 2. The molecule has 0 bridgehead atoms. The topological polar surface area (TPSA) is 39.1 Å². The van der Waals surface area contributed by atoms with Crippen molar-refractivity contribution in [2.45, 2.75) is 6.54 Å². The van der Waals surface area contributed by atoms with Crippen molar-refractivity contribution in [3.63, 3.8) is 0 Å². The fourth-order valence-corrected chi connectivity index (χ4v) is 2.19. The molecule has 16 heavy (non-hydrogen) atoms. The lowest BCUT2D eigenvalue weighted by molar-refractivity contribution is -0.104. The second kappa shape index (κ2) is 4.61. The quantitative estimate of drug-likeness (QED) is 0.373. The molecule has 0 N–H and O–H groups in total. The van der Waals surface area contributed by atoms with Gasteiger partial charge in [-0.1, -0.05) is 40.2 Å². The number of aryl methyl sites for hydroxylation is 1. The number of ketones is 1. The number of nitrogens with zero attached hydrogens (tertiary/aromatic N) is 1. The van der Waals surface area contributed by atoms with Crippen LogP contribution >= 0.6 is 15.9 Å². The summed E-state index contributed by atoms with van der Waals surface area (Å²) in [6.45, 7) is 0.670. The third kappa shape index (κ3) is 1.80. The standard InChI is InChI=1S/C12H10BrNO2/c13-5-6-14-7-9-3-1-2-4-10(9)12(14)11(16)8-15/h1-4,7-8H,5-6H2. The van der Waals surface area contributed by atoms with Gasteiger partial charge >= 0.3 is 0 Å². The SMILES string of the molecule is O=CC(=O)c1c2ccccc2cn1CCBr. The first kappa shape index (κ1) is 11.1. The minimum Gasteiger partial charge on any atom is -0.343 e. The average Bonchev–Trinajstić information content (AvgIpc) is 2.66. The first-order valence-corrected chi connectivity index (χ1v) is 6.03. The molecule has 0 radical (unpaired) electrons. The van der Waals surface area contributed by atoms with Crippen LogP contribution in [-0.4, -0.2) is 22.0 Å². The van der Waals surface area contributed by atoms with E-state index in [1.165, 1.54) is 0 Å². The minimum atomic E-state index is -0.470. The molecule has 0 amide bonds. The molecule has 1 aromatic carbocycles. The summed E-state index contributed by atoms with van der Waals surface area (Å²) in [4.78, 5) is 22.2. The molecule has 0 saturated carbocycles. The lowest BCUT2D eigenvalue weighted by atomic mass is 10.1. The molecule has 1 heterocycles. The number of hydrogen-bond donors (Lipinski definition) is 0. The Hall–Kier alpha value is -1.42. The van der Waals surface area contributed by atoms with E-state index in [-0.39, 0.29) is 0 Å². The number of alkyl halides is 1. The zero-order valence-electron chi connectivity index (χ0n) is 8.52. The average molecular weight is 280 g/mol. The lowest BCUT2D eigenvalue weighted by Gasteiger charge is -2.03. The van der Waals surface area contributed by atoms with Crippen LogP contribution in [0.15, 0.2) is 30.5 Å². The minimum absolute atomic E-state index is 0.368. The lowest BCUT2D eigenvalue weighted by Crippen LogP contribution is -2.10. The number of carbonyl (C=O) groups is 2. The highest BCUT2D eigenvalue weighted by Crippen LogP contribution is 2.21. The molecule has 0 spiro atoms. The van der Waals surface area contributed by atoms with Gasteiger partial charge in [-0.05, 0) is 0 Å². The molecule has 1 aromatic heterocycles. The number of aldehydes is 1. The second-order valence-electron chi connectivity index (χ2n) is 3.43. The van der Waals surface area contributed by atoms with Crippen molar-refractivity contribution in [3.8, 4) is 0 Å². The molecule has 4 heteroatoms. The van der Waals surface area contributed by atoms with Gasteiger partial charge in [-0.2, -0.15) is 0 Å². The third-order valence-corrected chi connectivity index (χ3v) is 2.82. The van der Waals surface area contributed by atoms with Crippen LogP contribution in [0.25, 0.3) is 10.8 Å². The Morgan fingerprint density at radius 1 is 1.38 bits per heavy atom. The largest absolute Gasteiger partial charge is 0.343 e. The fraction of sp³-hybridized carbons (Fsp3) is 0.167. The molecule has 2 aromatic rings. The Kier molecular flexibility index (Phi) is 3.19. The van der Waals surface area contributed by atoms with E-state index in [0.717, 1.165) is 16.1 Å². The Morgan fingerprint density at radius 3 is 2.81 bits per heavy atom. The van der Waals surface area contributed by atoms with Gasteiger partial charge < -0.3 is 4.57 Å². The molecule has 0 aliphatic rings. The maximum absolute atomic E-state index is 11.6. The highest BCUT2D eigenvalue weighted by atomic mass is 79.9. The Bertz CT molecular complexity index is 545. The molecule has 0 unspecified atom stereocenters. The highest BCUT2D eigenvalue weighted by molar-refractivity contribution is 9.09. The van der Waals surface area contributed by atoms with Gasteiger partial charge in [0.05, 0.1) is 0 Å². The summed E-state index contributed by atoms with van der Waals surface area (Å²) < 4.78 is 1.82. The van der Waals surface area contributed by atoms with E-state index >= 15 is 0 Å². The first-order valence-electron chi connectivity index (χ1n) is 4.91. The van der Waals surface area contributed by atoms with Gasteiger partial charge in [-0.15, -0.1) is 0 Å². The van der Waals surface area contributed by atoms with Gasteiger partial charge in [-0.25, -0.2) is 0 Å². The number of Topliss-reactive ketones (excluding diaryl/α,β-unsaturated/α-hetero) is 1. The van der Waals surface area contributed by atoms with Crippen molar-refractivity contribution in [2.75, 3.05) is 5.33 Å². The van der Waals surface area contributed by atoms with E-state index < -0.39 is 5.78 Å². The molecular formula is C12H10BrNO2. The maximum atomic E-state index is 11.6. The number of rotatable bonds is 4. The highest BCUT2D eigenvalue weighted by Gasteiger charge is 2.15. The van der Waals surface area contributed by atoms with Crippen molar-refractivity contribution in [2.24, 2.45) is 0 Å². The number of aromatic nitrogens is 1. The Morgan fingerprint density at radius 2 is 2.12 bits per heavy atom. The van der Waals surface area contributed by atoms with Crippen molar-refractivity contribution in [1.29, 1.82) is 0 Å². The summed E-state index contributed by atoms with van der Waals surface area (Å²) >= 11 is 3.33. The van der Waals surface area contributed by atoms with E-state index in [1.807, 2.05) is 35.0 Å². The summed E-state index contributed by atoms with van der Waals surface area (Å²) in [6, 6.07) is 7.57. The molecular weight excluding hydrogens is 270 g/mol. The first-order chi connectivity index (χ1) is 7.77. The van der Waals surface area contributed by atoms with E-state index in [2.05, 4.69) is 15.9 Å². The van der Waals surface area contributed by atoms with Crippen LogP contribution in [0.1, 0.15) is 10.5 Å². The summed E-state index contributed by atoms with van der Waals surface area (Å²) in [5.41, 5.74) is 0.477. The number of halogens is 1. The predicted molar refractivity (Wildman–Crippen MR) is 66.1 cm³/mol. The fourth-order valence-electron chi connectivity index (χ4n) is 1.81. The zero-order valence-corrected chi connectivity index (χ0v) is 10.1. The van der Waals surface area contributed by atoms with Gasteiger partial charge in [0.15, 0.2) is 6.29 Å². The van der Waals surface area contributed by atoms with Crippen LogP contribution < -0.4 is 0 Å². The number of carbonyl (C=O) groups excluding carboxylic acids is 2. The summed E-state index contributed by atoms with van der Waals surface area (Å²) in [7, 11) is 0. The van der Waals surface area contributed by atoms with Crippen LogP contribution in [0, 0.1) is 0 Å². The van der Waals surface area contributed by atoms with Crippen molar-refractivity contribution in [3.05, 3.63) is 36.2 Å². The van der Waals surface area contributed by atoms with E-state index in [4.69, 9.17) is 0 Å². The van der Waals surface area contributed by atoms with Crippen molar-refractivity contribution >= 4 is 38.8 Å². The van der Waals surface area contributed by atoms with Gasteiger partial charge in [-0.3, -0.25) is 9.59 Å². The van der Waals surface area contributed by atoms with Crippen LogP contribution in [0.5, 0.6) is 0 Å². The van der Waals surface area contributed by atoms with Crippen LogP contribution in [0.4, 0.5) is 0 Å². The zero-order chi connectivity index (χ0) is 11.5. The van der Waals surface area contributed by atoms with Gasteiger partial charge in [0.25, 0.3) is 0 Å². The maximum Gasteiger partial charge on any atom is 0.242 e. The molecule has 0 aliphatic heterocycles. The molecule has 0 atom stereocenters. The van der Waals surface area contributed by atoms with Crippen molar-refractivity contribution in [1.82, 2.24) is 4.57 Å². The van der Waals surface area contributed by atoms with Gasteiger partial charge in [0, 0.05) is 28.8 Å². The Labute approximate surface area is 101 Å². The van der Waals surface area contributed by atoms with Gasteiger partial charge in [0.2, 0.25) is 5.78 Å². The smallest absolute Gasteiger partial charge is 0.242 e. The van der Waals surface area contributed by atoms with Crippen LogP contribution in [0.3, 0.4) is 0 Å². The molecule has 0 fully saturated rings. The molecule has 0 aliphatic carbocycles. The second-order valence-corrected chi connectivity index (χ2v) is 4.22. The summed E-state index contributed by atoms with van der Waals surface area (Å²) in [5, 5.41) is 2.56. The Balaban J connectivity index is 2.68.